The lowest BCUT2D eigenvalue weighted by Crippen LogP contribution is -2.52. The predicted molar refractivity (Wildman–Crippen MR) is 80.1 cm³/mol. The van der Waals surface area contributed by atoms with E-state index in [1.807, 2.05) is 6.20 Å². The smallest absolute Gasteiger partial charge is 0.110 e. The van der Waals surface area contributed by atoms with Crippen LogP contribution in [-0.2, 0) is 13.0 Å². The van der Waals surface area contributed by atoms with Crippen LogP contribution in [0.1, 0.15) is 44.9 Å². The van der Waals surface area contributed by atoms with Crippen LogP contribution in [0.25, 0.3) is 0 Å². The second-order valence-corrected chi connectivity index (χ2v) is 7.51. The van der Waals surface area contributed by atoms with Crippen LogP contribution in [0.3, 0.4) is 0 Å². The molecule has 4 aliphatic carbocycles. The fourth-order valence-corrected chi connectivity index (χ4v) is 5.83. The molecule has 110 valence electrons. The van der Waals surface area contributed by atoms with Crippen molar-refractivity contribution in [3.05, 3.63) is 18.2 Å². The van der Waals surface area contributed by atoms with Crippen molar-refractivity contribution in [3.8, 4) is 0 Å². The lowest BCUT2D eigenvalue weighted by molar-refractivity contribution is -0.0467. The van der Waals surface area contributed by atoms with Crippen LogP contribution >= 0.6 is 0 Å². The van der Waals surface area contributed by atoms with Crippen molar-refractivity contribution >= 4 is 0 Å². The zero-order chi connectivity index (χ0) is 13.7. The summed E-state index contributed by atoms with van der Waals surface area (Å²) in [4.78, 5) is 4.52. The number of rotatable bonds is 4. The zero-order valence-corrected chi connectivity index (χ0v) is 12.5. The van der Waals surface area contributed by atoms with E-state index in [2.05, 4.69) is 22.7 Å². The summed E-state index contributed by atoms with van der Waals surface area (Å²) in [6, 6.07) is 0.317. The highest BCUT2D eigenvalue weighted by molar-refractivity contribution is 5.04. The minimum absolute atomic E-state index is 0.317. The summed E-state index contributed by atoms with van der Waals surface area (Å²) in [7, 11) is 0. The minimum atomic E-state index is 0.317. The molecule has 0 radical (unpaired) electrons. The SMILES string of the molecule is CCn1ccnc1CC(N)C1C2CC3CC(C2)CC1C3. The first kappa shape index (κ1) is 12.9. The number of aromatic nitrogens is 2. The van der Waals surface area contributed by atoms with Gasteiger partial charge >= 0.3 is 0 Å². The molecule has 4 aliphatic rings. The number of nitrogens with zero attached hydrogens (tertiary/aromatic N) is 2. The fourth-order valence-electron chi connectivity index (χ4n) is 5.83. The molecule has 1 atom stereocenters. The molecule has 0 spiro atoms. The van der Waals surface area contributed by atoms with Gasteiger partial charge in [0.15, 0.2) is 0 Å². The second kappa shape index (κ2) is 4.87. The van der Waals surface area contributed by atoms with Crippen molar-refractivity contribution in [2.24, 2.45) is 35.3 Å². The Hall–Kier alpha value is -0.830. The molecular formula is C17H27N3. The lowest BCUT2D eigenvalue weighted by atomic mass is 9.50. The Bertz CT molecular complexity index is 450. The van der Waals surface area contributed by atoms with E-state index in [9.17, 15) is 0 Å². The number of hydrogen-bond donors (Lipinski definition) is 1. The molecule has 0 amide bonds. The van der Waals surface area contributed by atoms with Gasteiger partial charge in [-0.2, -0.15) is 0 Å². The first-order chi connectivity index (χ1) is 9.74. The number of nitrogens with two attached hydrogens (primary N) is 1. The standard InChI is InChI=1S/C17H27N3/c1-2-20-4-3-19-16(20)10-15(18)17-13-6-11-5-12(8-13)9-14(17)7-11/h3-4,11-15,17H,2,5-10,18H2,1H3. The van der Waals surface area contributed by atoms with Crippen LogP contribution in [0.5, 0.6) is 0 Å². The van der Waals surface area contributed by atoms with Crippen LogP contribution < -0.4 is 5.73 Å². The molecule has 1 heterocycles. The molecule has 4 fully saturated rings. The highest BCUT2D eigenvalue weighted by atomic mass is 15.1. The van der Waals surface area contributed by atoms with Crippen molar-refractivity contribution in [1.82, 2.24) is 9.55 Å². The first-order valence-corrected chi connectivity index (χ1v) is 8.50. The summed E-state index contributed by atoms with van der Waals surface area (Å²) in [6.45, 7) is 3.18. The van der Waals surface area contributed by atoms with Crippen LogP contribution in [0, 0.1) is 29.6 Å². The molecular weight excluding hydrogens is 246 g/mol. The molecule has 0 saturated heterocycles. The summed E-state index contributed by atoms with van der Waals surface area (Å²) < 4.78 is 2.25. The Morgan fingerprint density at radius 2 is 1.85 bits per heavy atom. The topological polar surface area (TPSA) is 43.8 Å². The molecule has 20 heavy (non-hydrogen) atoms. The molecule has 4 saturated carbocycles. The van der Waals surface area contributed by atoms with Gasteiger partial charge in [0.25, 0.3) is 0 Å². The average molecular weight is 273 g/mol. The molecule has 1 unspecified atom stereocenters. The fraction of sp³-hybridized carbons (Fsp3) is 0.824. The molecule has 0 aromatic carbocycles. The van der Waals surface area contributed by atoms with Crippen molar-refractivity contribution < 1.29 is 0 Å². The number of aryl methyl sites for hydroxylation is 1. The third kappa shape index (κ3) is 2.02. The van der Waals surface area contributed by atoms with Crippen LogP contribution in [0.4, 0.5) is 0 Å². The monoisotopic (exact) mass is 273 g/mol. The summed E-state index contributed by atoms with van der Waals surface area (Å²) in [6.07, 6.45) is 12.4. The van der Waals surface area contributed by atoms with Crippen LogP contribution in [0.2, 0.25) is 0 Å². The van der Waals surface area contributed by atoms with Crippen LogP contribution in [0.15, 0.2) is 12.4 Å². The Balaban J connectivity index is 1.50. The van der Waals surface area contributed by atoms with Crippen molar-refractivity contribution in [2.75, 3.05) is 0 Å². The maximum atomic E-state index is 6.66. The Labute approximate surface area is 122 Å². The summed E-state index contributed by atoms with van der Waals surface area (Å²) >= 11 is 0. The lowest BCUT2D eigenvalue weighted by Gasteiger charge is -2.56. The van der Waals surface area contributed by atoms with E-state index >= 15 is 0 Å². The summed E-state index contributed by atoms with van der Waals surface area (Å²) in [5.74, 6) is 5.88. The van der Waals surface area contributed by atoms with E-state index in [4.69, 9.17) is 5.73 Å². The van der Waals surface area contributed by atoms with Gasteiger partial charge in [-0.05, 0) is 68.6 Å². The van der Waals surface area contributed by atoms with E-state index < -0.39 is 0 Å². The predicted octanol–water partition coefficient (Wildman–Crippen LogP) is 2.85. The molecule has 4 bridgehead atoms. The molecule has 1 aromatic rings. The van der Waals surface area contributed by atoms with Gasteiger partial charge in [0, 0.05) is 31.4 Å². The largest absolute Gasteiger partial charge is 0.335 e. The number of hydrogen-bond acceptors (Lipinski definition) is 2. The molecule has 1 aromatic heterocycles. The van der Waals surface area contributed by atoms with E-state index in [1.165, 1.54) is 37.9 Å². The molecule has 2 N–H and O–H groups in total. The van der Waals surface area contributed by atoms with Crippen molar-refractivity contribution in [2.45, 2.75) is 58.0 Å². The summed E-state index contributed by atoms with van der Waals surface area (Å²) in [5, 5.41) is 0. The van der Waals surface area contributed by atoms with Gasteiger partial charge in [-0.25, -0.2) is 4.98 Å². The van der Waals surface area contributed by atoms with Gasteiger partial charge in [0.2, 0.25) is 0 Å². The zero-order valence-electron chi connectivity index (χ0n) is 12.5. The van der Waals surface area contributed by atoms with Gasteiger partial charge in [-0.1, -0.05) is 0 Å². The van der Waals surface area contributed by atoms with Crippen LogP contribution in [-0.4, -0.2) is 15.6 Å². The normalized spacial score (nSPS) is 40.2. The molecule has 5 rings (SSSR count). The third-order valence-electron chi connectivity index (χ3n) is 6.35. The van der Waals surface area contributed by atoms with Gasteiger partial charge in [-0.15, -0.1) is 0 Å². The molecule has 3 nitrogen and oxygen atoms in total. The number of imidazole rings is 1. The van der Waals surface area contributed by atoms with Gasteiger partial charge in [0.1, 0.15) is 5.82 Å². The quantitative estimate of drug-likeness (QED) is 0.916. The average Bonchev–Trinajstić information content (AvgIpc) is 2.84. The Morgan fingerprint density at radius 1 is 1.20 bits per heavy atom. The maximum absolute atomic E-state index is 6.66. The first-order valence-electron chi connectivity index (χ1n) is 8.50. The Kier molecular flexibility index (Phi) is 3.13. The minimum Gasteiger partial charge on any atom is -0.335 e. The maximum Gasteiger partial charge on any atom is 0.110 e. The highest BCUT2D eigenvalue weighted by Gasteiger charge is 2.49. The van der Waals surface area contributed by atoms with Crippen molar-refractivity contribution in [3.63, 3.8) is 0 Å². The van der Waals surface area contributed by atoms with E-state index in [-0.39, 0.29) is 0 Å². The molecule has 0 aliphatic heterocycles. The van der Waals surface area contributed by atoms with Gasteiger partial charge in [0.05, 0.1) is 0 Å². The summed E-state index contributed by atoms with van der Waals surface area (Å²) in [5.41, 5.74) is 6.66. The highest BCUT2D eigenvalue weighted by Crippen LogP contribution is 2.57. The van der Waals surface area contributed by atoms with E-state index in [0.29, 0.717) is 6.04 Å². The van der Waals surface area contributed by atoms with Gasteiger partial charge in [-0.3, -0.25) is 0 Å². The van der Waals surface area contributed by atoms with Gasteiger partial charge < -0.3 is 10.3 Å². The molecule has 3 heteroatoms. The second-order valence-electron chi connectivity index (χ2n) is 7.51. The van der Waals surface area contributed by atoms with E-state index in [0.717, 1.165) is 42.6 Å². The van der Waals surface area contributed by atoms with Crippen molar-refractivity contribution in [1.29, 1.82) is 0 Å². The third-order valence-corrected chi connectivity index (χ3v) is 6.35. The van der Waals surface area contributed by atoms with E-state index in [1.54, 1.807) is 0 Å². The Morgan fingerprint density at radius 3 is 2.45 bits per heavy atom.